The van der Waals surface area contributed by atoms with Gasteiger partial charge in [0.2, 0.25) is 0 Å². The lowest BCUT2D eigenvalue weighted by atomic mass is 10.2. The van der Waals surface area contributed by atoms with E-state index in [4.69, 9.17) is 15.3 Å². The lowest BCUT2D eigenvalue weighted by Crippen LogP contribution is -2.21. The molecule has 0 aliphatic rings. The molecule has 0 fully saturated rings. The van der Waals surface area contributed by atoms with Crippen LogP contribution in [0.5, 0.6) is 11.5 Å². The van der Waals surface area contributed by atoms with Gasteiger partial charge in [-0.05, 0) is 12.1 Å². The molecule has 0 aliphatic carbocycles. The number of carbonyl (C=O) groups is 1. The Morgan fingerprint density at radius 1 is 1.38 bits per heavy atom. The molecule has 1 unspecified atom stereocenters. The molecule has 6 heteroatoms. The minimum absolute atomic E-state index is 0.122. The number of aliphatic hydroxyl groups excluding tert-OH is 2. The number of phenolic OH excluding ortho intramolecular Hbond substituents is 2. The fraction of sp³-hybridized carbons (Fsp3) is 0.300. The SMILES string of the molecule is O=C(OCC(O)CO)c1ccc(O)cc1O. The van der Waals surface area contributed by atoms with E-state index in [-0.39, 0.29) is 17.9 Å². The maximum atomic E-state index is 11.3. The van der Waals surface area contributed by atoms with E-state index in [0.29, 0.717) is 0 Å². The summed E-state index contributed by atoms with van der Waals surface area (Å²) >= 11 is 0. The van der Waals surface area contributed by atoms with Crippen molar-refractivity contribution in [3.05, 3.63) is 23.8 Å². The number of phenols is 2. The molecule has 0 spiro atoms. The molecule has 16 heavy (non-hydrogen) atoms. The first kappa shape index (κ1) is 12.3. The molecule has 1 rings (SSSR count). The molecule has 1 aromatic carbocycles. The highest BCUT2D eigenvalue weighted by molar-refractivity contribution is 5.92. The van der Waals surface area contributed by atoms with Gasteiger partial charge in [-0.3, -0.25) is 0 Å². The van der Waals surface area contributed by atoms with Crippen molar-refractivity contribution in [2.45, 2.75) is 6.10 Å². The molecule has 88 valence electrons. The second-order valence-electron chi connectivity index (χ2n) is 3.14. The molecular formula is C10H12O6. The third-order valence-electron chi connectivity index (χ3n) is 1.82. The van der Waals surface area contributed by atoms with Crippen molar-refractivity contribution in [3.63, 3.8) is 0 Å². The number of benzene rings is 1. The molecule has 0 saturated carbocycles. The highest BCUT2D eigenvalue weighted by atomic mass is 16.5. The first-order chi connectivity index (χ1) is 7.54. The summed E-state index contributed by atoms with van der Waals surface area (Å²) in [7, 11) is 0. The summed E-state index contributed by atoms with van der Waals surface area (Å²) in [4.78, 5) is 11.3. The summed E-state index contributed by atoms with van der Waals surface area (Å²) in [6, 6.07) is 3.41. The smallest absolute Gasteiger partial charge is 0.342 e. The van der Waals surface area contributed by atoms with Crippen molar-refractivity contribution < 1.29 is 30.0 Å². The fourth-order valence-corrected chi connectivity index (χ4v) is 0.995. The molecule has 6 nitrogen and oxygen atoms in total. The van der Waals surface area contributed by atoms with Gasteiger partial charge in [-0.1, -0.05) is 0 Å². The van der Waals surface area contributed by atoms with Crippen LogP contribution in [0.4, 0.5) is 0 Å². The standard InChI is InChI=1S/C10H12O6/c11-4-7(13)5-16-10(15)8-2-1-6(12)3-9(8)14/h1-3,7,11-14H,4-5H2. The van der Waals surface area contributed by atoms with Crippen LogP contribution in [0.2, 0.25) is 0 Å². The van der Waals surface area contributed by atoms with Gasteiger partial charge in [0, 0.05) is 6.07 Å². The Morgan fingerprint density at radius 3 is 2.62 bits per heavy atom. The molecule has 0 aliphatic heterocycles. The molecule has 4 N–H and O–H groups in total. The molecule has 0 heterocycles. The van der Waals surface area contributed by atoms with Gasteiger partial charge in [0.25, 0.3) is 0 Å². The van der Waals surface area contributed by atoms with E-state index < -0.39 is 24.4 Å². The quantitative estimate of drug-likeness (QED) is 0.523. The van der Waals surface area contributed by atoms with Crippen LogP contribution in [0.15, 0.2) is 18.2 Å². The average Bonchev–Trinajstić information content (AvgIpc) is 2.25. The minimum Gasteiger partial charge on any atom is -0.508 e. The summed E-state index contributed by atoms with van der Waals surface area (Å²) in [6.45, 7) is -0.884. The van der Waals surface area contributed by atoms with Crippen LogP contribution in [0.3, 0.4) is 0 Å². The molecule has 0 aromatic heterocycles. The lowest BCUT2D eigenvalue weighted by molar-refractivity contribution is 0.00913. The second-order valence-corrected chi connectivity index (χ2v) is 3.14. The van der Waals surface area contributed by atoms with Gasteiger partial charge in [0.05, 0.1) is 6.61 Å². The van der Waals surface area contributed by atoms with Crippen LogP contribution in [0, 0.1) is 0 Å². The highest BCUT2D eigenvalue weighted by Crippen LogP contribution is 2.23. The van der Waals surface area contributed by atoms with Crippen molar-refractivity contribution in [3.8, 4) is 11.5 Å². The zero-order chi connectivity index (χ0) is 12.1. The highest BCUT2D eigenvalue weighted by Gasteiger charge is 2.14. The van der Waals surface area contributed by atoms with Crippen LogP contribution in [0.1, 0.15) is 10.4 Å². The Kier molecular flexibility index (Phi) is 4.10. The van der Waals surface area contributed by atoms with Crippen molar-refractivity contribution in [1.82, 2.24) is 0 Å². The Labute approximate surface area is 91.3 Å². The largest absolute Gasteiger partial charge is 0.508 e. The summed E-state index contributed by atoms with van der Waals surface area (Å²) in [5, 5.41) is 35.7. The number of rotatable bonds is 4. The maximum Gasteiger partial charge on any atom is 0.342 e. The predicted molar refractivity (Wildman–Crippen MR) is 53.1 cm³/mol. The number of hydrogen-bond donors (Lipinski definition) is 4. The van der Waals surface area contributed by atoms with Crippen molar-refractivity contribution in [2.24, 2.45) is 0 Å². The van der Waals surface area contributed by atoms with Crippen LogP contribution in [-0.2, 0) is 4.74 Å². The van der Waals surface area contributed by atoms with E-state index in [1.807, 2.05) is 0 Å². The number of aliphatic hydroxyl groups is 2. The number of aromatic hydroxyl groups is 2. The molecular weight excluding hydrogens is 216 g/mol. The van der Waals surface area contributed by atoms with Crippen LogP contribution >= 0.6 is 0 Å². The predicted octanol–water partition coefficient (Wildman–Crippen LogP) is -0.392. The van der Waals surface area contributed by atoms with Crippen molar-refractivity contribution in [2.75, 3.05) is 13.2 Å². The first-order valence-corrected chi connectivity index (χ1v) is 4.52. The van der Waals surface area contributed by atoms with Gasteiger partial charge < -0.3 is 25.2 Å². The molecule has 1 aromatic rings. The number of ether oxygens (including phenoxy) is 1. The van der Waals surface area contributed by atoms with Gasteiger partial charge in [-0.2, -0.15) is 0 Å². The van der Waals surface area contributed by atoms with Gasteiger partial charge in [0.1, 0.15) is 29.8 Å². The van der Waals surface area contributed by atoms with Gasteiger partial charge in [-0.15, -0.1) is 0 Å². The molecule has 0 saturated heterocycles. The maximum absolute atomic E-state index is 11.3. The zero-order valence-corrected chi connectivity index (χ0v) is 8.33. The minimum atomic E-state index is -1.15. The van der Waals surface area contributed by atoms with Gasteiger partial charge >= 0.3 is 5.97 Å². The number of esters is 1. The van der Waals surface area contributed by atoms with E-state index >= 15 is 0 Å². The summed E-state index contributed by atoms with van der Waals surface area (Å²) in [6.07, 6.45) is -1.15. The number of hydrogen-bond acceptors (Lipinski definition) is 6. The second kappa shape index (κ2) is 5.34. The summed E-state index contributed by atoms with van der Waals surface area (Å²) in [5.74, 6) is -1.43. The Bertz CT molecular complexity index is 376. The van der Waals surface area contributed by atoms with Crippen LogP contribution < -0.4 is 0 Å². The van der Waals surface area contributed by atoms with E-state index in [0.717, 1.165) is 6.07 Å². The Morgan fingerprint density at radius 2 is 2.06 bits per heavy atom. The Hall–Kier alpha value is -1.79. The molecule has 0 bridgehead atoms. The summed E-state index contributed by atoms with van der Waals surface area (Å²) in [5.41, 5.74) is -0.122. The first-order valence-electron chi connectivity index (χ1n) is 4.52. The summed E-state index contributed by atoms with van der Waals surface area (Å²) < 4.78 is 4.61. The van der Waals surface area contributed by atoms with Gasteiger partial charge in [-0.25, -0.2) is 4.79 Å². The van der Waals surface area contributed by atoms with E-state index in [2.05, 4.69) is 4.74 Å². The van der Waals surface area contributed by atoms with Gasteiger partial charge in [0.15, 0.2) is 0 Å². The third-order valence-corrected chi connectivity index (χ3v) is 1.82. The Balaban J connectivity index is 2.66. The van der Waals surface area contributed by atoms with Crippen molar-refractivity contribution in [1.29, 1.82) is 0 Å². The van der Waals surface area contributed by atoms with Crippen molar-refractivity contribution >= 4 is 5.97 Å². The van der Waals surface area contributed by atoms with Crippen LogP contribution in [-0.4, -0.2) is 45.7 Å². The van der Waals surface area contributed by atoms with E-state index in [1.54, 1.807) is 0 Å². The normalized spacial score (nSPS) is 12.1. The van der Waals surface area contributed by atoms with Crippen LogP contribution in [0.25, 0.3) is 0 Å². The third kappa shape index (κ3) is 3.11. The van der Waals surface area contributed by atoms with E-state index in [9.17, 15) is 9.90 Å². The molecule has 0 amide bonds. The lowest BCUT2D eigenvalue weighted by Gasteiger charge is -2.09. The topological polar surface area (TPSA) is 107 Å². The monoisotopic (exact) mass is 228 g/mol. The molecule has 1 atom stereocenters. The molecule has 0 radical (unpaired) electrons. The van der Waals surface area contributed by atoms with E-state index in [1.165, 1.54) is 12.1 Å². The zero-order valence-electron chi connectivity index (χ0n) is 8.33. The average molecular weight is 228 g/mol. The fourth-order valence-electron chi connectivity index (χ4n) is 0.995. The number of carbonyl (C=O) groups excluding carboxylic acids is 1.